The van der Waals surface area contributed by atoms with Gasteiger partial charge in [0.2, 0.25) is 0 Å². The van der Waals surface area contributed by atoms with Gasteiger partial charge in [-0.05, 0) is 53.0 Å². The molecule has 0 aromatic carbocycles. The maximum atomic E-state index is 11.2. The Hall–Kier alpha value is -0.570. The van der Waals surface area contributed by atoms with Gasteiger partial charge in [0.1, 0.15) is 0 Å². The van der Waals surface area contributed by atoms with Crippen LogP contribution in [-0.4, -0.2) is 36.1 Å². The lowest BCUT2D eigenvalue weighted by molar-refractivity contribution is -0.143. The van der Waals surface area contributed by atoms with E-state index in [0.717, 1.165) is 24.9 Å². The first-order valence-corrected chi connectivity index (χ1v) is 7.56. The number of ether oxygens (including phenoxy) is 1. The number of unbranched alkanes of at least 4 members (excludes halogenated alkanes) is 2. The maximum absolute atomic E-state index is 11.2. The van der Waals surface area contributed by atoms with Crippen molar-refractivity contribution < 1.29 is 9.53 Å². The Morgan fingerprint density at radius 1 is 1.17 bits per heavy atom. The minimum atomic E-state index is -0.0443. The molecular weight excluding hydrogens is 226 g/mol. The summed E-state index contributed by atoms with van der Waals surface area (Å²) in [6.45, 7) is 8.23. The fraction of sp³-hybridized carbons (Fsp3) is 0.933. The van der Waals surface area contributed by atoms with Crippen molar-refractivity contribution >= 4 is 5.97 Å². The molecule has 2 atom stereocenters. The van der Waals surface area contributed by atoms with E-state index in [9.17, 15) is 4.79 Å². The van der Waals surface area contributed by atoms with E-state index in [1.165, 1.54) is 32.2 Å². The van der Waals surface area contributed by atoms with Crippen molar-refractivity contribution in [1.82, 2.24) is 4.90 Å². The van der Waals surface area contributed by atoms with Gasteiger partial charge in [0.15, 0.2) is 0 Å². The molecule has 1 fully saturated rings. The fourth-order valence-electron chi connectivity index (χ4n) is 2.89. The third-order valence-electron chi connectivity index (χ3n) is 3.98. The number of carbonyl (C=O) groups is 1. The monoisotopic (exact) mass is 255 g/mol. The van der Waals surface area contributed by atoms with Crippen LogP contribution in [0.5, 0.6) is 0 Å². The quantitative estimate of drug-likeness (QED) is 0.516. The van der Waals surface area contributed by atoms with E-state index in [1.807, 2.05) is 6.92 Å². The topological polar surface area (TPSA) is 29.5 Å². The molecule has 18 heavy (non-hydrogen) atoms. The van der Waals surface area contributed by atoms with Gasteiger partial charge < -0.3 is 4.74 Å². The third-order valence-corrected chi connectivity index (χ3v) is 3.98. The van der Waals surface area contributed by atoms with Gasteiger partial charge in [0, 0.05) is 18.5 Å². The molecule has 0 N–H and O–H groups in total. The van der Waals surface area contributed by atoms with Crippen LogP contribution in [0.2, 0.25) is 0 Å². The Morgan fingerprint density at radius 3 is 2.44 bits per heavy atom. The summed E-state index contributed by atoms with van der Waals surface area (Å²) in [5.74, 6) is -0.0443. The molecule has 106 valence electrons. The number of esters is 1. The van der Waals surface area contributed by atoms with Crippen LogP contribution < -0.4 is 0 Å². The van der Waals surface area contributed by atoms with Crippen LogP contribution in [0.15, 0.2) is 0 Å². The average Bonchev–Trinajstić information content (AvgIpc) is 2.32. The van der Waals surface area contributed by atoms with Crippen LogP contribution >= 0.6 is 0 Å². The Balaban J connectivity index is 2.08. The number of hydrogen-bond donors (Lipinski definition) is 0. The van der Waals surface area contributed by atoms with Crippen molar-refractivity contribution in [2.45, 2.75) is 77.8 Å². The molecule has 0 aromatic heterocycles. The summed E-state index contributed by atoms with van der Waals surface area (Å²) in [5, 5.41) is 0. The van der Waals surface area contributed by atoms with Crippen molar-refractivity contribution in [2.75, 3.05) is 13.2 Å². The van der Waals surface area contributed by atoms with Crippen LogP contribution in [0.1, 0.15) is 65.7 Å². The largest absolute Gasteiger partial charge is 0.466 e. The van der Waals surface area contributed by atoms with E-state index in [4.69, 9.17) is 4.74 Å². The van der Waals surface area contributed by atoms with Crippen molar-refractivity contribution in [3.63, 3.8) is 0 Å². The highest BCUT2D eigenvalue weighted by molar-refractivity contribution is 5.69. The van der Waals surface area contributed by atoms with Crippen LogP contribution in [-0.2, 0) is 9.53 Å². The Kier molecular flexibility index (Phi) is 7.33. The van der Waals surface area contributed by atoms with Gasteiger partial charge in [-0.25, -0.2) is 0 Å². The van der Waals surface area contributed by atoms with Gasteiger partial charge in [-0.1, -0.05) is 12.8 Å². The second kappa shape index (κ2) is 8.52. The summed E-state index contributed by atoms with van der Waals surface area (Å²) in [7, 11) is 0. The molecule has 0 bridgehead atoms. The molecule has 1 aliphatic rings. The Labute approximate surface area is 112 Å². The Morgan fingerprint density at radius 2 is 1.83 bits per heavy atom. The molecule has 0 amide bonds. The summed E-state index contributed by atoms with van der Waals surface area (Å²) >= 11 is 0. The number of nitrogens with zero attached hydrogens (tertiary/aromatic N) is 1. The molecule has 0 aromatic rings. The summed E-state index contributed by atoms with van der Waals surface area (Å²) < 4.78 is 4.92. The number of carbonyl (C=O) groups excluding carboxylic acids is 1. The van der Waals surface area contributed by atoms with Crippen molar-refractivity contribution in [1.29, 1.82) is 0 Å². The normalized spacial score (nSPS) is 25.1. The molecule has 1 heterocycles. The highest BCUT2D eigenvalue weighted by Crippen LogP contribution is 2.22. The highest BCUT2D eigenvalue weighted by atomic mass is 16.5. The number of piperidine rings is 1. The van der Waals surface area contributed by atoms with E-state index >= 15 is 0 Å². The molecule has 0 spiro atoms. The summed E-state index contributed by atoms with van der Waals surface area (Å²) in [5.41, 5.74) is 0. The van der Waals surface area contributed by atoms with Gasteiger partial charge in [-0.2, -0.15) is 0 Å². The summed E-state index contributed by atoms with van der Waals surface area (Å²) in [6, 6.07) is 1.47. The van der Waals surface area contributed by atoms with E-state index in [2.05, 4.69) is 18.7 Å². The van der Waals surface area contributed by atoms with Gasteiger partial charge in [-0.3, -0.25) is 9.69 Å². The number of likely N-dealkylation sites (tertiary alicyclic amines) is 1. The zero-order valence-electron chi connectivity index (χ0n) is 12.3. The zero-order valence-corrected chi connectivity index (χ0v) is 12.3. The molecule has 1 rings (SSSR count). The molecule has 1 saturated heterocycles. The number of rotatable bonds is 7. The first kappa shape index (κ1) is 15.5. The van der Waals surface area contributed by atoms with Crippen LogP contribution in [0.3, 0.4) is 0 Å². The first-order chi connectivity index (χ1) is 8.65. The highest BCUT2D eigenvalue weighted by Gasteiger charge is 2.23. The molecule has 0 unspecified atom stereocenters. The maximum Gasteiger partial charge on any atom is 0.305 e. The Bertz CT molecular complexity index is 233. The lowest BCUT2D eigenvalue weighted by Crippen LogP contribution is -2.44. The molecule has 0 saturated carbocycles. The molecular formula is C15H29NO2. The third kappa shape index (κ3) is 5.38. The van der Waals surface area contributed by atoms with Crippen molar-refractivity contribution in [2.24, 2.45) is 0 Å². The second-order valence-electron chi connectivity index (χ2n) is 5.48. The first-order valence-electron chi connectivity index (χ1n) is 7.56. The summed E-state index contributed by atoms with van der Waals surface area (Å²) in [4.78, 5) is 13.8. The lowest BCUT2D eigenvalue weighted by Gasteiger charge is -2.39. The van der Waals surface area contributed by atoms with Crippen molar-refractivity contribution in [3.05, 3.63) is 0 Å². The van der Waals surface area contributed by atoms with E-state index < -0.39 is 0 Å². The van der Waals surface area contributed by atoms with E-state index in [-0.39, 0.29) is 5.97 Å². The van der Waals surface area contributed by atoms with Crippen LogP contribution in [0, 0.1) is 0 Å². The average molecular weight is 255 g/mol. The van der Waals surface area contributed by atoms with Gasteiger partial charge in [0.25, 0.3) is 0 Å². The van der Waals surface area contributed by atoms with Crippen molar-refractivity contribution in [3.8, 4) is 0 Å². The smallest absolute Gasteiger partial charge is 0.305 e. The van der Waals surface area contributed by atoms with E-state index in [0.29, 0.717) is 13.0 Å². The molecule has 0 radical (unpaired) electrons. The fourth-order valence-corrected chi connectivity index (χ4v) is 2.89. The van der Waals surface area contributed by atoms with Crippen LogP contribution in [0.4, 0.5) is 0 Å². The number of hydrogen-bond acceptors (Lipinski definition) is 3. The van der Waals surface area contributed by atoms with Gasteiger partial charge in [0.05, 0.1) is 6.61 Å². The standard InChI is InChI=1S/C15H29NO2/c1-4-18-15(17)11-6-5-7-12-16-13(2)9-8-10-14(16)3/h13-14H,4-12H2,1-3H3/t13-,14+. The minimum Gasteiger partial charge on any atom is -0.466 e. The van der Waals surface area contributed by atoms with Crippen LogP contribution in [0.25, 0.3) is 0 Å². The molecule has 0 aliphatic carbocycles. The predicted molar refractivity (Wildman–Crippen MR) is 74.6 cm³/mol. The zero-order chi connectivity index (χ0) is 13.4. The molecule has 1 aliphatic heterocycles. The lowest BCUT2D eigenvalue weighted by atomic mass is 9.97. The second-order valence-corrected chi connectivity index (χ2v) is 5.48. The molecule has 3 nitrogen and oxygen atoms in total. The summed E-state index contributed by atoms with van der Waals surface area (Å²) in [6.07, 6.45) is 7.94. The van der Waals surface area contributed by atoms with E-state index in [1.54, 1.807) is 0 Å². The predicted octanol–water partition coefficient (Wildman–Crippen LogP) is 3.37. The molecule has 3 heteroatoms. The minimum absolute atomic E-state index is 0.0443. The van der Waals surface area contributed by atoms with Gasteiger partial charge in [-0.15, -0.1) is 0 Å². The SMILES string of the molecule is CCOC(=O)CCCCCN1[C@H](C)CCC[C@@H]1C. The van der Waals surface area contributed by atoms with Gasteiger partial charge >= 0.3 is 5.97 Å².